The third kappa shape index (κ3) is 3.66. The number of likely N-dealkylation sites (tertiary alicyclic amines) is 1. The molecule has 1 saturated heterocycles. The Morgan fingerprint density at radius 2 is 1.91 bits per heavy atom. The van der Waals surface area contributed by atoms with Gasteiger partial charge in [0.1, 0.15) is 0 Å². The fraction of sp³-hybridized carbons (Fsp3) is 0.500. The first-order chi connectivity index (χ1) is 10.7. The van der Waals surface area contributed by atoms with Crippen molar-refractivity contribution in [1.82, 2.24) is 10.2 Å². The SMILES string of the molecule is CNCC1CCN(C(=O)c2ccc(S(=O)(=O)C(F)(F)F)cc2)C1. The maximum atomic E-state index is 12.5. The summed E-state index contributed by atoms with van der Waals surface area (Å²) in [7, 11) is -3.56. The second-order valence-electron chi connectivity index (χ2n) is 5.44. The largest absolute Gasteiger partial charge is 0.501 e. The normalized spacial score (nSPS) is 19.1. The van der Waals surface area contributed by atoms with Crippen LogP contribution in [-0.2, 0) is 9.84 Å². The van der Waals surface area contributed by atoms with Gasteiger partial charge in [0, 0.05) is 18.7 Å². The molecule has 0 aliphatic carbocycles. The van der Waals surface area contributed by atoms with Crippen molar-refractivity contribution in [2.24, 2.45) is 5.92 Å². The average Bonchev–Trinajstić information content (AvgIpc) is 2.94. The number of halogens is 3. The number of nitrogens with one attached hydrogen (secondary N) is 1. The Hall–Kier alpha value is -1.61. The molecule has 128 valence electrons. The van der Waals surface area contributed by atoms with Crippen LogP contribution in [0.2, 0.25) is 0 Å². The Morgan fingerprint density at radius 1 is 1.30 bits per heavy atom. The predicted octanol–water partition coefficient (Wildman–Crippen LogP) is 1.66. The minimum Gasteiger partial charge on any atom is -0.338 e. The number of nitrogens with zero attached hydrogens (tertiary/aromatic N) is 1. The molecule has 1 amide bonds. The molecule has 1 aliphatic rings. The maximum Gasteiger partial charge on any atom is 0.501 e. The molecule has 0 aromatic heterocycles. The van der Waals surface area contributed by atoms with Crippen molar-refractivity contribution in [3.63, 3.8) is 0 Å². The fourth-order valence-electron chi connectivity index (χ4n) is 2.57. The predicted molar refractivity (Wildman–Crippen MR) is 77.6 cm³/mol. The summed E-state index contributed by atoms with van der Waals surface area (Å²) in [4.78, 5) is 13.0. The van der Waals surface area contributed by atoms with E-state index in [-0.39, 0.29) is 11.5 Å². The Balaban J connectivity index is 2.13. The van der Waals surface area contributed by atoms with E-state index in [4.69, 9.17) is 0 Å². The highest BCUT2D eigenvalue weighted by atomic mass is 32.2. The molecule has 1 aromatic carbocycles. The van der Waals surface area contributed by atoms with Crippen LogP contribution in [0, 0.1) is 5.92 Å². The molecule has 0 spiro atoms. The first-order valence-corrected chi connectivity index (χ1v) is 8.50. The molecule has 0 radical (unpaired) electrons. The Labute approximate surface area is 132 Å². The lowest BCUT2D eigenvalue weighted by atomic mass is 10.1. The van der Waals surface area contributed by atoms with Gasteiger partial charge in [-0.2, -0.15) is 13.2 Å². The zero-order valence-electron chi connectivity index (χ0n) is 12.4. The second kappa shape index (κ2) is 6.48. The Morgan fingerprint density at radius 3 is 2.43 bits per heavy atom. The van der Waals surface area contributed by atoms with Crippen molar-refractivity contribution in [3.8, 4) is 0 Å². The number of carbonyl (C=O) groups excluding carboxylic acids is 1. The number of benzene rings is 1. The highest BCUT2D eigenvalue weighted by Crippen LogP contribution is 2.30. The van der Waals surface area contributed by atoms with Crippen LogP contribution in [0.25, 0.3) is 0 Å². The molecule has 2 rings (SSSR count). The Kier molecular flexibility index (Phi) is 5.00. The maximum absolute atomic E-state index is 12.5. The van der Waals surface area contributed by atoms with Gasteiger partial charge in [0.15, 0.2) is 0 Å². The highest BCUT2D eigenvalue weighted by molar-refractivity contribution is 7.92. The van der Waals surface area contributed by atoms with Crippen LogP contribution in [0.5, 0.6) is 0 Å². The van der Waals surface area contributed by atoms with Crippen molar-refractivity contribution in [2.75, 3.05) is 26.7 Å². The van der Waals surface area contributed by atoms with Gasteiger partial charge in [-0.25, -0.2) is 8.42 Å². The average molecular weight is 350 g/mol. The number of hydrogen-bond donors (Lipinski definition) is 1. The van der Waals surface area contributed by atoms with Crippen LogP contribution in [-0.4, -0.2) is 51.4 Å². The highest BCUT2D eigenvalue weighted by Gasteiger charge is 2.46. The van der Waals surface area contributed by atoms with Gasteiger partial charge in [-0.05, 0) is 50.2 Å². The minimum absolute atomic E-state index is 0.177. The van der Waals surface area contributed by atoms with Crippen LogP contribution < -0.4 is 5.32 Å². The summed E-state index contributed by atoms with van der Waals surface area (Å²) >= 11 is 0. The molecular weight excluding hydrogens is 333 g/mol. The summed E-state index contributed by atoms with van der Waals surface area (Å²) in [5, 5.41) is 3.04. The molecule has 1 fully saturated rings. The van der Waals surface area contributed by atoms with Crippen molar-refractivity contribution in [3.05, 3.63) is 29.8 Å². The summed E-state index contributed by atoms with van der Waals surface area (Å²) in [5.74, 6) is 0.0355. The van der Waals surface area contributed by atoms with E-state index in [1.807, 2.05) is 7.05 Å². The summed E-state index contributed by atoms with van der Waals surface area (Å²) in [6.45, 7) is 1.93. The molecule has 5 nitrogen and oxygen atoms in total. The van der Waals surface area contributed by atoms with E-state index in [9.17, 15) is 26.4 Å². The lowest BCUT2D eigenvalue weighted by Gasteiger charge is -2.17. The van der Waals surface area contributed by atoms with E-state index < -0.39 is 20.2 Å². The van der Waals surface area contributed by atoms with Crippen LogP contribution in [0.15, 0.2) is 29.2 Å². The van der Waals surface area contributed by atoms with Crippen LogP contribution in [0.3, 0.4) is 0 Å². The summed E-state index contributed by atoms with van der Waals surface area (Å²) in [6.07, 6.45) is 0.854. The van der Waals surface area contributed by atoms with Gasteiger partial charge in [0.05, 0.1) is 4.90 Å². The molecule has 0 saturated carbocycles. The summed E-state index contributed by atoms with van der Waals surface area (Å²) in [6, 6.07) is 3.87. The lowest BCUT2D eigenvalue weighted by molar-refractivity contribution is -0.0436. The van der Waals surface area contributed by atoms with Crippen LogP contribution >= 0.6 is 0 Å². The summed E-state index contributed by atoms with van der Waals surface area (Å²) in [5.41, 5.74) is -5.18. The van der Waals surface area contributed by atoms with E-state index in [0.717, 1.165) is 37.2 Å². The van der Waals surface area contributed by atoms with Gasteiger partial charge >= 0.3 is 5.51 Å². The number of amides is 1. The van der Waals surface area contributed by atoms with E-state index >= 15 is 0 Å². The van der Waals surface area contributed by atoms with Crippen molar-refractivity contribution in [1.29, 1.82) is 0 Å². The number of sulfone groups is 1. The van der Waals surface area contributed by atoms with Gasteiger partial charge in [-0.1, -0.05) is 0 Å². The third-order valence-electron chi connectivity index (χ3n) is 3.78. The van der Waals surface area contributed by atoms with Crippen LogP contribution in [0.1, 0.15) is 16.8 Å². The summed E-state index contributed by atoms with van der Waals surface area (Å²) < 4.78 is 60.0. The zero-order valence-corrected chi connectivity index (χ0v) is 13.2. The van der Waals surface area contributed by atoms with Crippen molar-refractivity contribution < 1.29 is 26.4 Å². The molecule has 1 atom stereocenters. The third-order valence-corrected chi connectivity index (χ3v) is 5.28. The molecule has 1 unspecified atom stereocenters. The van der Waals surface area contributed by atoms with Crippen LogP contribution in [0.4, 0.5) is 13.2 Å². The van der Waals surface area contributed by atoms with Gasteiger partial charge in [-0.3, -0.25) is 4.79 Å². The molecule has 9 heteroatoms. The van der Waals surface area contributed by atoms with Crippen molar-refractivity contribution in [2.45, 2.75) is 16.8 Å². The molecular formula is C14H17F3N2O3S. The molecule has 0 bridgehead atoms. The zero-order chi connectivity index (χ0) is 17.3. The number of carbonyl (C=O) groups is 1. The van der Waals surface area contributed by atoms with Gasteiger partial charge < -0.3 is 10.2 Å². The molecule has 23 heavy (non-hydrogen) atoms. The van der Waals surface area contributed by atoms with E-state index in [2.05, 4.69) is 5.32 Å². The molecule has 1 N–H and O–H groups in total. The first-order valence-electron chi connectivity index (χ1n) is 7.02. The molecule has 1 heterocycles. The van der Waals surface area contributed by atoms with E-state index in [1.54, 1.807) is 4.90 Å². The van der Waals surface area contributed by atoms with Gasteiger partial charge in [-0.15, -0.1) is 0 Å². The first kappa shape index (κ1) is 17.7. The minimum atomic E-state index is -5.39. The van der Waals surface area contributed by atoms with Gasteiger partial charge in [0.25, 0.3) is 15.7 Å². The van der Waals surface area contributed by atoms with E-state index in [1.165, 1.54) is 0 Å². The number of alkyl halides is 3. The molecule has 1 aromatic rings. The number of rotatable bonds is 4. The Bertz CT molecular complexity index is 672. The quantitative estimate of drug-likeness (QED) is 0.897. The molecule has 1 aliphatic heterocycles. The standard InChI is InChI=1S/C14H17F3N2O3S/c1-18-8-10-6-7-19(9-10)13(20)11-2-4-12(5-3-11)23(21,22)14(15,16)17/h2-5,10,18H,6-9H2,1H3. The lowest BCUT2D eigenvalue weighted by Crippen LogP contribution is -2.30. The fourth-order valence-corrected chi connectivity index (χ4v) is 3.33. The topological polar surface area (TPSA) is 66.5 Å². The van der Waals surface area contributed by atoms with Crippen molar-refractivity contribution >= 4 is 15.7 Å². The monoisotopic (exact) mass is 350 g/mol. The smallest absolute Gasteiger partial charge is 0.338 e. The number of hydrogen-bond acceptors (Lipinski definition) is 4. The van der Waals surface area contributed by atoms with Gasteiger partial charge in [0.2, 0.25) is 0 Å². The second-order valence-corrected chi connectivity index (χ2v) is 7.38. The van der Waals surface area contributed by atoms with E-state index in [0.29, 0.717) is 19.0 Å².